The van der Waals surface area contributed by atoms with Crippen LogP contribution in [-0.4, -0.2) is 49.0 Å². The Morgan fingerprint density at radius 1 is 1.30 bits per heavy atom. The summed E-state index contributed by atoms with van der Waals surface area (Å²) >= 11 is 0. The van der Waals surface area contributed by atoms with Crippen LogP contribution in [0.2, 0.25) is 0 Å². The highest BCUT2D eigenvalue weighted by Crippen LogP contribution is 2.33. The number of aromatic nitrogens is 5. The van der Waals surface area contributed by atoms with Crippen molar-refractivity contribution in [2.24, 2.45) is 0 Å². The molecule has 1 atom stereocenters. The number of amides is 1. The Kier molecular flexibility index (Phi) is 4.73. The maximum Gasteiger partial charge on any atom is 0.257 e. The molecule has 0 radical (unpaired) electrons. The number of likely N-dealkylation sites (tertiary alicyclic amines) is 1. The molecule has 1 fully saturated rings. The van der Waals surface area contributed by atoms with Crippen molar-refractivity contribution in [3.63, 3.8) is 0 Å². The van der Waals surface area contributed by atoms with Crippen molar-refractivity contribution in [2.75, 3.05) is 18.4 Å². The van der Waals surface area contributed by atoms with E-state index in [4.69, 9.17) is 4.52 Å². The van der Waals surface area contributed by atoms with Crippen molar-refractivity contribution < 1.29 is 9.32 Å². The van der Waals surface area contributed by atoms with Crippen LogP contribution in [0.15, 0.2) is 41.4 Å². The quantitative estimate of drug-likeness (QED) is 0.733. The summed E-state index contributed by atoms with van der Waals surface area (Å²) in [6.07, 6.45) is 8.08. The Hall–Kier alpha value is -3.36. The Morgan fingerprint density at radius 2 is 2.07 bits per heavy atom. The fourth-order valence-electron chi connectivity index (χ4n) is 3.11. The maximum absolute atomic E-state index is 12.9. The Balaban J connectivity index is 1.54. The normalized spacial score (nSPS) is 16.5. The molecular formula is C18H19N7O2. The van der Waals surface area contributed by atoms with Gasteiger partial charge in [0.1, 0.15) is 6.04 Å². The lowest BCUT2D eigenvalue weighted by Crippen LogP contribution is -2.31. The molecule has 1 aliphatic rings. The van der Waals surface area contributed by atoms with Gasteiger partial charge in [-0.25, -0.2) is 9.97 Å². The number of nitrogens with one attached hydrogen (secondary N) is 1. The third kappa shape index (κ3) is 3.48. The summed E-state index contributed by atoms with van der Waals surface area (Å²) in [5.74, 6) is 1.30. The Morgan fingerprint density at radius 3 is 2.81 bits per heavy atom. The molecule has 9 heteroatoms. The number of nitrogens with zero attached hydrogens (tertiary/aromatic N) is 6. The van der Waals surface area contributed by atoms with Crippen molar-refractivity contribution >= 4 is 11.9 Å². The first-order valence-corrected chi connectivity index (χ1v) is 8.87. The van der Waals surface area contributed by atoms with Crippen LogP contribution in [0, 0.1) is 0 Å². The number of hydrogen-bond acceptors (Lipinski definition) is 8. The molecule has 138 valence electrons. The average Bonchev–Trinajstić information content (AvgIpc) is 3.38. The van der Waals surface area contributed by atoms with Gasteiger partial charge in [-0.3, -0.25) is 9.78 Å². The predicted octanol–water partition coefficient (Wildman–Crippen LogP) is 2.33. The van der Waals surface area contributed by atoms with Crippen LogP contribution in [0.3, 0.4) is 0 Å². The summed E-state index contributed by atoms with van der Waals surface area (Å²) in [7, 11) is 0. The Bertz CT molecular complexity index is 911. The molecule has 1 amide bonds. The van der Waals surface area contributed by atoms with E-state index < -0.39 is 0 Å². The van der Waals surface area contributed by atoms with Gasteiger partial charge in [-0.1, -0.05) is 5.16 Å². The summed E-state index contributed by atoms with van der Waals surface area (Å²) in [5.41, 5.74) is 1.26. The van der Waals surface area contributed by atoms with E-state index in [0.717, 1.165) is 24.9 Å². The lowest BCUT2D eigenvalue weighted by molar-refractivity contribution is 0.0709. The molecule has 0 unspecified atom stereocenters. The van der Waals surface area contributed by atoms with E-state index in [0.29, 0.717) is 29.8 Å². The largest absolute Gasteiger partial charge is 0.355 e. The first-order valence-electron chi connectivity index (χ1n) is 8.87. The van der Waals surface area contributed by atoms with Crippen molar-refractivity contribution in [1.29, 1.82) is 0 Å². The summed E-state index contributed by atoms with van der Waals surface area (Å²) in [5, 5.41) is 7.06. The molecule has 9 nitrogen and oxygen atoms in total. The van der Waals surface area contributed by atoms with E-state index in [1.54, 1.807) is 29.7 Å². The minimum atomic E-state index is -0.242. The standard InChI is InChI=1S/C18H19N7O2/c1-2-20-18-21-10-13(11-22-18)17(26)25-9-3-4-14(25)16-23-15(24-27-16)12-5-7-19-8-6-12/h5-8,10-11,14H,2-4,9H2,1H3,(H,20,21,22)/t14-/m0/s1. The molecule has 0 aliphatic carbocycles. The molecule has 0 saturated carbocycles. The molecule has 4 heterocycles. The van der Waals surface area contributed by atoms with Crippen LogP contribution >= 0.6 is 0 Å². The number of anilines is 1. The SMILES string of the molecule is CCNc1ncc(C(=O)N2CCC[C@H]2c2nc(-c3ccncc3)no2)cn1. The fraction of sp³-hybridized carbons (Fsp3) is 0.333. The third-order valence-corrected chi connectivity index (χ3v) is 4.41. The zero-order valence-electron chi connectivity index (χ0n) is 14.9. The minimum absolute atomic E-state index is 0.135. The van der Waals surface area contributed by atoms with Gasteiger partial charge in [0.25, 0.3) is 5.91 Å². The predicted molar refractivity (Wildman–Crippen MR) is 96.7 cm³/mol. The summed E-state index contributed by atoms with van der Waals surface area (Å²) in [6, 6.07) is 3.39. The highest BCUT2D eigenvalue weighted by atomic mass is 16.5. The number of hydrogen-bond donors (Lipinski definition) is 1. The lowest BCUT2D eigenvalue weighted by atomic mass is 10.2. The molecule has 1 N–H and O–H groups in total. The molecule has 27 heavy (non-hydrogen) atoms. The second kappa shape index (κ2) is 7.48. The van der Waals surface area contributed by atoms with Crippen LogP contribution in [0.1, 0.15) is 42.1 Å². The summed E-state index contributed by atoms with van der Waals surface area (Å²) < 4.78 is 5.45. The van der Waals surface area contributed by atoms with Gasteiger partial charge in [0.15, 0.2) is 0 Å². The molecule has 0 spiro atoms. The van der Waals surface area contributed by atoms with Gasteiger partial charge in [-0.05, 0) is 31.9 Å². The van der Waals surface area contributed by atoms with Gasteiger partial charge in [-0.2, -0.15) is 4.98 Å². The van der Waals surface area contributed by atoms with Crippen molar-refractivity contribution in [3.8, 4) is 11.4 Å². The highest BCUT2D eigenvalue weighted by Gasteiger charge is 2.34. The smallest absolute Gasteiger partial charge is 0.257 e. The second-order valence-electron chi connectivity index (χ2n) is 6.17. The van der Waals surface area contributed by atoms with E-state index in [1.807, 2.05) is 19.1 Å². The van der Waals surface area contributed by atoms with E-state index >= 15 is 0 Å². The molecule has 4 rings (SSSR count). The van der Waals surface area contributed by atoms with E-state index in [1.165, 1.54) is 0 Å². The van der Waals surface area contributed by atoms with Gasteiger partial charge in [0.05, 0.1) is 5.56 Å². The first-order chi connectivity index (χ1) is 13.3. The molecule has 1 aliphatic heterocycles. The molecule has 0 bridgehead atoms. The topological polar surface area (TPSA) is 110 Å². The fourth-order valence-corrected chi connectivity index (χ4v) is 3.11. The lowest BCUT2D eigenvalue weighted by Gasteiger charge is -2.21. The number of carbonyl (C=O) groups excluding carboxylic acids is 1. The first kappa shape index (κ1) is 17.1. The summed E-state index contributed by atoms with van der Waals surface area (Å²) in [4.78, 5) is 31.5. The Labute approximate surface area is 155 Å². The van der Waals surface area contributed by atoms with Crippen molar-refractivity contribution in [3.05, 3.63) is 48.4 Å². The highest BCUT2D eigenvalue weighted by molar-refractivity contribution is 5.94. The van der Waals surface area contributed by atoms with Gasteiger partial charge in [0, 0.05) is 43.4 Å². The molecule has 3 aromatic heterocycles. The molecule has 0 aromatic carbocycles. The van der Waals surface area contributed by atoms with Crippen molar-refractivity contribution in [2.45, 2.75) is 25.8 Å². The van der Waals surface area contributed by atoms with Crippen LogP contribution in [0.4, 0.5) is 5.95 Å². The van der Waals surface area contributed by atoms with Gasteiger partial charge >= 0.3 is 0 Å². The van der Waals surface area contributed by atoms with E-state index in [-0.39, 0.29) is 11.9 Å². The molecule has 1 saturated heterocycles. The van der Waals surface area contributed by atoms with Gasteiger partial charge in [-0.15, -0.1) is 0 Å². The minimum Gasteiger partial charge on any atom is -0.355 e. The molecular weight excluding hydrogens is 346 g/mol. The van der Waals surface area contributed by atoms with Gasteiger partial charge in [0.2, 0.25) is 17.7 Å². The van der Waals surface area contributed by atoms with Crippen molar-refractivity contribution in [1.82, 2.24) is 30.0 Å². The zero-order chi connectivity index (χ0) is 18.6. The van der Waals surface area contributed by atoms with Crippen LogP contribution < -0.4 is 5.32 Å². The number of rotatable bonds is 5. The number of carbonyl (C=O) groups is 1. The second-order valence-corrected chi connectivity index (χ2v) is 6.17. The molecule has 3 aromatic rings. The van der Waals surface area contributed by atoms with Crippen LogP contribution in [0.25, 0.3) is 11.4 Å². The average molecular weight is 365 g/mol. The van der Waals surface area contributed by atoms with Crippen LogP contribution in [0.5, 0.6) is 0 Å². The van der Waals surface area contributed by atoms with Crippen LogP contribution in [-0.2, 0) is 0 Å². The number of pyridine rings is 1. The van der Waals surface area contributed by atoms with Gasteiger partial charge < -0.3 is 14.7 Å². The monoisotopic (exact) mass is 365 g/mol. The third-order valence-electron chi connectivity index (χ3n) is 4.41. The van der Waals surface area contributed by atoms with E-state index in [2.05, 4.69) is 30.4 Å². The summed E-state index contributed by atoms with van der Waals surface area (Å²) in [6.45, 7) is 3.31. The van der Waals surface area contributed by atoms with E-state index in [9.17, 15) is 4.79 Å². The maximum atomic E-state index is 12.9. The zero-order valence-corrected chi connectivity index (χ0v) is 14.9.